The lowest BCUT2D eigenvalue weighted by molar-refractivity contribution is 0.0497. The number of unbranched alkanes of at least 4 members (excludes halogenated alkanes) is 1. The number of hydrogen-bond donors (Lipinski definition) is 9. The number of imidazole rings is 3. The average molecular weight is 1300 g/mol. The number of H-pyrrole nitrogens is 6. The lowest BCUT2D eigenvalue weighted by Gasteiger charge is -2.40. The maximum atomic E-state index is 13.9. The number of ether oxygens (including phenoxy) is 1. The van der Waals surface area contributed by atoms with Gasteiger partial charge in [-0.3, -0.25) is 16.0 Å². The van der Waals surface area contributed by atoms with E-state index in [-0.39, 0.29) is 23.7 Å². The Labute approximate surface area is 557 Å². The summed E-state index contributed by atoms with van der Waals surface area (Å²) >= 11 is 0. The molecule has 0 aliphatic carbocycles. The highest BCUT2D eigenvalue weighted by Gasteiger charge is 2.48. The summed E-state index contributed by atoms with van der Waals surface area (Å²) in [6.45, 7) is 9.53. The molecule has 14 aromatic rings. The maximum absolute atomic E-state index is 13.9. The van der Waals surface area contributed by atoms with Crippen molar-refractivity contribution >= 4 is 32.7 Å². The highest BCUT2D eigenvalue weighted by molar-refractivity contribution is 5.87. The topological polar surface area (TPSA) is 257 Å². The smallest absolute Gasteiger partial charge is 0.223 e. The Balaban J connectivity index is 0.000000114. The van der Waals surface area contributed by atoms with Crippen molar-refractivity contribution in [2.75, 3.05) is 13.2 Å². The fourth-order valence-corrected chi connectivity index (χ4v) is 15.0. The molecule has 0 radical (unpaired) electrons. The van der Waals surface area contributed by atoms with Crippen LogP contribution in [0.5, 0.6) is 0 Å². The van der Waals surface area contributed by atoms with E-state index in [0.717, 1.165) is 126 Å². The first-order valence-electron chi connectivity index (χ1n) is 33.5. The van der Waals surface area contributed by atoms with Crippen molar-refractivity contribution in [3.05, 3.63) is 257 Å². The molecule has 0 saturated carbocycles. The maximum Gasteiger partial charge on any atom is 0.223 e. The van der Waals surface area contributed by atoms with Gasteiger partial charge >= 0.3 is 0 Å². The van der Waals surface area contributed by atoms with Crippen LogP contribution in [0.4, 0.5) is 8.78 Å². The zero-order chi connectivity index (χ0) is 65.8. The Hall–Kier alpha value is -10.5. The summed E-state index contributed by atoms with van der Waals surface area (Å²) in [4.78, 5) is 44.7. The zero-order valence-corrected chi connectivity index (χ0v) is 54.2. The van der Waals surface area contributed by atoms with Gasteiger partial charge in [0, 0.05) is 83.3 Å². The van der Waals surface area contributed by atoms with Crippen molar-refractivity contribution in [2.24, 2.45) is 5.92 Å². The summed E-state index contributed by atoms with van der Waals surface area (Å²) in [7, 11) is 0. The Kier molecular flexibility index (Phi) is 16.2. The minimum Gasteiger partial charge on any atom is -0.381 e. The van der Waals surface area contributed by atoms with E-state index in [4.69, 9.17) is 28.7 Å². The molecule has 4 aliphatic heterocycles. The number of para-hydroxylation sites is 2. The molecule has 19 nitrogen and oxygen atoms in total. The number of aromatic nitrogens is 13. The fraction of sp³-hybridized carbons (Fsp3) is 0.276. The molecule has 0 spiro atoms. The summed E-state index contributed by atoms with van der Waals surface area (Å²) < 4.78 is 43.6. The van der Waals surface area contributed by atoms with Gasteiger partial charge < -0.3 is 43.7 Å². The molecule has 4 unspecified atom stereocenters. The van der Waals surface area contributed by atoms with Crippen molar-refractivity contribution in [3.8, 4) is 33.8 Å². The van der Waals surface area contributed by atoms with Crippen LogP contribution in [0.3, 0.4) is 0 Å². The number of nitrogens with zero attached hydrogens (tertiary/aromatic N) is 7. The highest BCUT2D eigenvalue weighted by Crippen LogP contribution is 2.47. The van der Waals surface area contributed by atoms with Crippen LogP contribution in [0.25, 0.3) is 66.5 Å². The predicted molar refractivity (Wildman–Crippen MR) is 367 cm³/mol. The number of halogens is 2. The van der Waals surface area contributed by atoms with E-state index in [1.807, 2.05) is 50.5 Å². The highest BCUT2D eigenvalue weighted by atomic mass is 19.1. The first-order chi connectivity index (χ1) is 47.4. The quantitative estimate of drug-likeness (QED) is 0.0552. The number of rotatable bonds is 12. The molecule has 1 saturated heterocycles. The number of fused-ring (bicyclic) bond motifs is 9. The molecule has 1 fully saturated rings. The molecule has 0 amide bonds. The minimum absolute atomic E-state index is 0.0279. The third kappa shape index (κ3) is 11.7. The van der Waals surface area contributed by atoms with Crippen LogP contribution in [-0.2, 0) is 35.1 Å². The van der Waals surface area contributed by atoms with Gasteiger partial charge in [0.25, 0.3) is 0 Å². The number of aromatic amines is 6. The standard InChI is InChI=1S/C27H28N6O.C25H26N4O.C24H20F2N6O/c1-3-4-14-27(26-29-17(2)34-33-26)24-20(19-12-8-9-13-21(19)30-24)15-22(32-27)25-28-16-23(31-25)18-10-6-5-7-11-18;1-2-6-16(7-3-1)22-15-26-25(29-22)21-14-19-18-8-4-5-9-20(18)27-24(19)23(28-21)17-10-12-30-13-11-17;1-12-28-22(32-33-12)21-20-17(16-8-7-15(26)9-18(16)29-20)10-24(2,31-21)23-27-11-19(30-23)13-3-5-14(25)6-4-13/h5-13,16,22,30,32H,3-4,14-15H2,1-2H3,(H,28,31);1-9,15,17,21,23,27-28H,10-14H2,(H,26,29);3-9,11,21,29,31H,10H2,1-2H3,(H,27,30)/t22-,27?;;21?,24-/m1.1/s1. The normalized spacial score (nSPS) is 20.8. The lowest BCUT2D eigenvalue weighted by atomic mass is 9.79. The predicted octanol–water partition coefficient (Wildman–Crippen LogP) is 15.2. The monoisotopic (exact) mass is 1300 g/mol. The molecule has 6 aromatic carbocycles. The number of nitrogens with one attached hydrogen (secondary N) is 9. The molecule has 12 heterocycles. The SMILES string of the molecule is CCCCC1(c2noc(C)n2)N[C@@H](c2ncc(-c3ccccc3)[nH]2)Cc2c1[nH]c1ccccc21.Cc1nc(C2N[C@@](C)(c3ncc(-c4ccc(F)cc4)[nH]3)Cc3c2[nH]c2cc(F)ccc32)no1.c1ccc(-c2cnc(C3Cc4c([nH]c5ccccc45)C(C4CCOCC4)N3)[nH]2)cc1. The summed E-state index contributed by atoms with van der Waals surface area (Å²) in [5.74, 6) is 4.79. The molecule has 6 atom stereocenters. The van der Waals surface area contributed by atoms with Crippen LogP contribution >= 0.6 is 0 Å². The minimum atomic E-state index is -0.617. The van der Waals surface area contributed by atoms with Gasteiger partial charge in [0.2, 0.25) is 11.8 Å². The largest absolute Gasteiger partial charge is 0.381 e. The number of aryl methyl sites for hydroxylation is 2. The van der Waals surface area contributed by atoms with Crippen LogP contribution in [-0.4, -0.2) is 78.4 Å². The van der Waals surface area contributed by atoms with Crippen molar-refractivity contribution in [2.45, 2.75) is 114 Å². The molecule has 0 bridgehead atoms. The Bertz CT molecular complexity index is 5070. The Morgan fingerprint density at radius 3 is 1.81 bits per heavy atom. The second kappa shape index (κ2) is 25.6. The van der Waals surface area contributed by atoms with Gasteiger partial charge in [-0.2, -0.15) is 9.97 Å². The molecule has 97 heavy (non-hydrogen) atoms. The van der Waals surface area contributed by atoms with Gasteiger partial charge in [0.15, 0.2) is 11.6 Å². The second-order valence-electron chi connectivity index (χ2n) is 26.2. The van der Waals surface area contributed by atoms with E-state index in [1.165, 1.54) is 62.9 Å². The van der Waals surface area contributed by atoms with E-state index in [9.17, 15) is 8.78 Å². The van der Waals surface area contributed by atoms with Crippen molar-refractivity contribution in [3.63, 3.8) is 0 Å². The van der Waals surface area contributed by atoms with Gasteiger partial charge in [0.1, 0.15) is 40.7 Å². The molecule has 490 valence electrons. The third-order valence-electron chi connectivity index (χ3n) is 19.8. The molecular formula is C76H74F2N16O3. The van der Waals surface area contributed by atoms with E-state index in [2.05, 4.69) is 158 Å². The molecular weight excluding hydrogens is 1220 g/mol. The first kappa shape index (κ1) is 61.4. The molecule has 8 aromatic heterocycles. The number of benzene rings is 6. The average Bonchev–Trinajstić information content (AvgIpc) is 1.61. The van der Waals surface area contributed by atoms with Gasteiger partial charge in [-0.25, -0.2) is 23.7 Å². The second-order valence-corrected chi connectivity index (χ2v) is 26.2. The van der Waals surface area contributed by atoms with E-state index < -0.39 is 17.1 Å². The van der Waals surface area contributed by atoms with Crippen LogP contribution in [0.1, 0.15) is 145 Å². The van der Waals surface area contributed by atoms with Gasteiger partial charge in [0.05, 0.1) is 59.3 Å². The van der Waals surface area contributed by atoms with E-state index in [0.29, 0.717) is 53.2 Å². The Morgan fingerprint density at radius 2 is 1.13 bits per heavy atom. The van der Waals surface area contributed by atoms with Crippen molar-refractivity contribution in [1.82, 2.24) is 81.1 Å². The van der Waals surface area contributed by atoms with Gasteiger partial charge in [-0.1, -0.05) is 127 Å². The van der Waals surface area contributed by atoms with Crippen molar-refractivity contribution in [1.29, 1.82) is 0 Å². The molecule has 18 rings (SSSR count). The fourth-order valence-electron chi connectivity index (χ4n) is 15.0. The summed E-state index contributed by atoms with van der Waals surface area (Å²) in [6, 6.07) is 48.9. The van der Waals surface area contributed by atoms with Crippen LogP contribution < -0.4 is 16.0 Å². The van der Waals surface area contributed by atoms with Gasteiger partial charge in [-0.05, 0) is 133 Å². The Morgan fingerprint density at radius 1 is 0.546 bits per heavy atom. The van der Waals surface area contributed by atoms with Crippen molar-refractivity contribution < 1.29 is 22.6 Å². The van der Waals surface area contributed by atoms with Crippen LogP contribution in [0, 0.1) is 31.4 Å². The molecule has 9 N–H and O–H groups in total. The molecule has 21 heteroatoms. The van der Waals surface area contributed by atoms with E-state index >= 15 is 0 Å². The van der Waals surface area contributed by atoms with Gasteiger partial charge in [-0.15, -0.1) is 0 Å². The third-order valence-corrected chi connectivity index (χ3v) is 19.8. The zero-order valence-electron chi connectivity index (χ0n) is 54.2. The summed E-state index contributed by atoms with van der Waals surface area (Å²) in [6.07, 6.45) is 13.1. The number of hydrogen-bond acceptors (Lipinski definition) is 13. The van der Waals surface area contributed by atoms with E-state index in [1.54, 1.807) is 31.3 Å². The first-order valence-corrected chi connectivity index (χ1v) is 33.5. The molecule has 4 aliphatic rings. The van der Waals surface area contributed by atoms with Crippen LogP contribution in [0.15, 0.2) is 179 Å². The summed E-state index contributed by atoms with van der Waals surface area (Å²) in [5.41, 5.74) is 15.0. The van der Waals surface area contributed by atoms with Crippen LogP contribution in [0.2, 0.25) is 0 Å². The summed E-state index contributed by atoms with van der Waals surface area (Å²) in [5, 5.41) is 23.5. The lowest BCUT2D eigenvalue weighted by Crippen LogP contribution is -2.51.